The van der Waals surface area contributed by atoms with Crippen molar-refractivity contribution in [2.24, 2.45) is 0 Å². The normalized spacial score (nSPS) is 15.8. The predicted molar refractivity (Wildman–Crippen MR) is 68.3 cm³/mol. The largest absolute Gasteiger partial charge is 0.293 e. The van der Waals surface area contributed by atoms with Crippen LogP contribution in [0.2, 0.25) is 0 Å². The molecule has 1 aliphatic rings. The van der Waals surface area contributed by atoms with Crippen LogP contribution in [0, 0.1) is 0 Å². The molecule has 1 N–H and O–H groups in total. The summed E-state index contributed by atoms with van der Waals surface area (Å²) in [4.78, 5) is 2.40. The van der Waals surface area contributed by atoms with Crippen LogP contribution in [0.15, 0.2) is 28.9 Å². The van der Waals surface area contributed by atoms with Gasteiger partial charge in [-0.25, -0.2) is 0 Å². The van der Waals surface area contributed by atoms with E-state index in [0.29, 0.717) is 0 Å². The monoisotopic (exact) mass is 292 g/mol. The lowest BCUT2D eigenvalue weighted by Crippen LogP contribution is -2.30. The average Bonchev–Trinajstić information content (AvgIpc) is 2.82. The summed E-state index contributed by atoms with van der Waals surface area (Å²) in [6.07, 6.45) is 2.89. The zero-order valence-corrected chi connectivity index (χ0v) is 10.9. The summed E-state index contributed by atoms with van der Waals surface area (Å²) in [6.45, 7) is 2.94. The van der Waals surface area contributed by atoms with Gasteiger partial charge in [-0.1, -0.05) is 22.0 Å². The van der Waals surface area contributed by atoms with E-state index in [1.165, 1.54) is 15.6 Å². The van der Waals surface area contributed by atoms with E-state index in [1.807, 2.05) is 0 Å². The van der Waals surface area contributed by atoms with Crippen molar-refractivity contribution >= 4 is 15.9 Å². The first-order chi connectivity index (χ1) is 8.31. The highest BCUT2D eigenvalue weighted by molar-refractivity contribution is 9.10. The van der Waals surface area contributed by atoms with Gasteiger partial charge in [-0.2, -0.15) is 15.4 Å². The fraction of sp³-hybridized carbons (Fsp3) is 0.333. The number of nitrogens with one attached hydrogen (secondary N) is 1. The Hall–Kier alpha value is -1.20. The minimum atomic E-state index is 0.867. The molecule has 1 aliphatic heterocycles. The zero-order valence-electron chi connectivity index (χ0n) is 9.36. The van der Waals surface area contributed by atoms with E-state index in [0.717, 1.165) is 31.7 Å². The Morgan fingerprint density at radius 1 is 1.35 bits per heavy atom. The molecule has 17 heavy (non-hydrogen) atoms. The molecule has 0 saturated heterocycles. The maximum absolute atomic E-state index is 4.10. The minimum Gasteiger partial charge on any atom is -0.293 e. The molecule has 0 aliphatic carbocycles. The zero-order chi connectivity index (χ0) is 11.7. The third-order valence-electron chi connectivity index (χ3n) is 3.11. The molecule has 88 valence electrons. The van der Waals surface area contributed by atoms with Crippen LogP contribution in [0.5, 0.6) is 0 Å². The van der Waals surface area contributed by atoms with E-state index >= 15 is 0 Å². The summed E-state index contributed by atoms with van der Waals surface area (Å²) in [5.74, 6) is 0. The molecule has 0 saturated carbocycles. The van der Waals surface area contributed by atoms with E-state index in [1.54, 1.807) is 6.20 Å². The number of hydrogen-bond donors (Lipinski definition) is 1. The molecule has 1 aromatic heterocycles. The summed E-state index contributed by atoms with van der Waals surface area (Å²) >= 11 is 3.52. The molecule has 2 heterocycles. The number of nitrogens with zero attached hydrogens (tertiary/aromatic N) is 3. The third kappa shape index (κ3) is 2.40. The predicted octanol–water partition coefficient (Wildman–Crippen LogP) is 2.13. The van der Waals surface area contributed by atoms with Gasteiger partial charge >= 0.3 is 0 Å². The second-order valence-electron chi connectivity index (χ2n) is 4.34. The quantitative estimate of drug-likeness (QED) is 0.922. The van der Waals surface area contributed by atoms with Crippen molar-refractivity contribution in [1.82, 2.24) is 20.3 Å². The maximum Gasteiger partial charge on any atom is 0.0964 e. The molecule has 0 radical (unpaired) electrons. The van der Waals surface area contributed by atoms with Crippen molar-refractivity contribution in [3.05, 3.63) is 45.7 Å². The summed E-state index contributed by atoms with van der Waals surface area (Å²) in [6, 6.07) is 6.54. The molecule has 0 spiro atoms. The van der Waals surface area contributed by atoms with Crippen LogP contribution in [-0.2, 0) is 19.5 Å². The minimum absolute atomic E-state index is 0.867. The standard InChI is InChI=1S/C12H13BrN4/c13-11-2-1-10-7-17(4-3-9(10)5-11)8-12-6-14-16-15-12/h1-2,5-6H,3-4,7-8H2,(H,14,15,16). The van der Waals surface area contributed by atoms with Crippen LogP contribution in [-0.4, -0.2) is 26.9 Å². The highest BCUT2D eigenvalue weighted by Gasteiger charge is 2.17. The topological polar surface area (TPSA) is 44.8 Å². The van der Waals surface area contributed by atoms with E-state index in [-0.39, 0.29) is 0 Å². The Kier molecular flexibility index (Phi) is 2.94. The van der Waals surface area contributed by atoms with Gasteiger partial charge in [-0.05, 0) is 29.7 Å². The molecule has 1 aromatic carbocycles. The number of fused-ring (bicyclic) bond motifs is 1. The molecular weight excluding hydrogens is 280 g/mol. The van der Waals surface area contributed by atoms with Gasteiger partial charge in [-0.3, -0.25) is 4.90 Å². The molecule has 0 amide bonds. The number of hydrogen-bond acceptors (Lipinski definition) is 3. The number of benzene rings is 1. The highest BCUT2D eigenvalue weighted by Crippen LogP contribution is 2.23. The van der Waals surface area contributed by atoms with Crippen LogP contribution in [0.4, 0.5) is 0 Å². The summed E-state index contributed by atoms with van der Waals surface area (Å²) < 4.78 is 1.17. The third-order valence-corrected chi connectivity index (χ3v) is 3.60. The molecule has 0 bridgehead atoms. The van der Waals surface area contributed by atoms with Crippen molar-refractivity contribution in [2.75, 3.05) is 6.54 Å². The second kappa shape index (κ2) is 4.58. The number of rotatable bonds is 2. The van der Waals surface area contributed by atoms with E-state index in [9.17, 15) is 0 Å². The lowest BCUT2D eigenvalue weighted by Gasteiger charge is -2.28. The van der Waals surface area contributed by atoms with Gasteiger partial charge in [0.05, 0.1) is 11.9 Å². The van der Waals surface area contributed by atoms with Crippen LogP contribution < -0.4 is 0 Å². The molecule has 0 unspecified atom stereocenters. The number of aromatic amines is 1. The van der Waals surface area contributed by atoms with Gasteiger partial charge < -0.3 is 0 Å². The van der Waals surface area contributed by atoms with Crippen molar-refractivity contribution in [1.29, 1.82) is 0 Å². The first kappa shape index (κ1) is 10.9. The van der Waals surface area contributed by atoms with Gasteiger partial charge in [0.15, 0.2) is 0 Å². The molecule has 0 atom stereocenters. The van der Waals surface area contributed by atoms with Crippen LogP contribution >= 0.6 is 15.9 Å². The van der Waals surface area contributed by atoms with E-state index < -0.39 is 0 Å². The Balaban J connectivity index is 1.74. The SMILES string of the molecule is Brc1ccc2c(c1)CCN(Cc1cn[nH]n1)C2. The van der Waals surface area contributed by atoms with Crippen LogP contribution in [0.1, 0.15) is 16.8 Å². The van der Waals surface area contributed by atoms with Gasteiger partial charge in [0, 0.05) is 24.1 Å². The molecule has 2 aromatic rings. The summed E-state index contributed by atoms with van der Waals surface area (Å²) in [5.41, 5.74) is 3.88. The van der Waals surface area contributed by atoms with Gasteiger partial charge in [0.1, 0.15) is 0 Å². The summed E-state index contributed by atoms with van der Waals surface area (Å²) in [5, 5.41) is 10.6. The van der Waals surface area contributed by atoms with E-state index in [4.69, 9.17) is 0 Å². The fourth-order valence-electron chi connectivity index (χ4n) is 2.25. The average molecular weight is 293 g/mol. The first-order valence-electron chi connectivity index (χ1n) is 5.65. The highest BCUT2D eigenvalue weighted by atomic mass is 79.9. The van der Waals surface area contributed by atoms with Gasteiger partial charge in [0.25, 0.3) is 0 Å². The Labute approximate surface area is 108 Å². The van der Waals surface area contributed by atoms with Crippen molar-refractivity contribution < 1.29 is 0 Å². The fourth-order valence-corrected chi connectivity index (χ4v) is 2.65. The van der Waals surface area contributed by atoms with Crippen molar-refractivity contribution in [3.8, 4) is 0 Å². The molecule has 0 fully saturated rings. The molecule has 3 rings (SSSR count). The molecular formula is C12H13BrN4. The lowest BCUT2D eigenvalue weighted by molar-refractivity contribution is 0.242. The second-order valence-corrected chi connectivity index (χ2v) is 5.25. The Morgan fingerprint density at radius 2 is 2.29 bits per heavy atom. The Bertz CT molecular complexity index is 509. The van der Waals surface area contributed by atoms with Crippen LogP contribution in [0.25, 0.3) is 0 Å². The van der Waals surface area contributed by atoms with Crippen molar-refractivity contribution in [2.45, 2.75) is 19.5 Å². The van der Waals surface area contributed by atoms with Gasteiger partial charge in [-0.15, -0.1) is 0 Å². The number of aromatic nitrogens is 3. The number of H-pyrrole nitrogens is 1. The smallest absolute Gasteiger partial charge is 0.0964 e. The first-order valence-corrected chi connectivity index (χ1v) is 6.45. The number of halogens is 1. The maximum atomic E-state index is 4.10. The van der Waals surface area contributed by atoms with E-state index in [2.05, 4.69) is 54.4 Å². The van der Waals surface area contributed by atoms with Crippen molar-refractivity contribution in [3.63, 3.8) is 0 Å². The summed E-state index contributed by atoms with van der Waals surface area (Å²) in [7, 11) is 0. The Morgan fingerprint density at radius 3 is 3.12 bits per heavy atom. The molecule has 4 nitrogen and oxygen atoms in total. The molecule has 5 heteroatoms. The van der Waals surface area contributed by atoms with Crippen LogP contribution in [0.3, 0.4) is 0 Å². The van der Waals surface area contributed by atoms with Gasteiger partial charge in [0.2, 0.25) is 0 Å². The lowest BCUT2D eigenvalue weighted by atomic mass is 10.00.